The summed E-state index contributed by atoms with van der Waals surface area (Å²) in [6.45, 7) is 3.25. The molecule has 1 heterocycles. The lowest BCUT2D eigenvalue weighted by molar-refractivity contribution is -0.139. The predicted octanol–water partition coefficient (Wildman–Crippen LogP) is 1.77. The van der Waals surface area contributed by atoms with E-state index in [1.54, 1.807) is 0 Å². The molecular formula is C16H21NO2. The first-order valence-electron chi connectivity index (χ1n) is 7.13. The summed E-state index contributed by atoms with van der Waals surface area (Å²) in [6.07, 6.45) is 3.14. The van der Waals surface area contributed by atoms with Crippen molar-refractivity contribution in [3.63, 3.8) is 0 Å². The number of rotatable bonds is 1. The van der Waals surface area contributed by atoms with Gasteiger partial charge in [0.2, 0.25) is 5.91 Å². The summed E-state index contributed by atoms with van der Waals surface area (Å²) >= 11 is 0. The molecule has 0 aromatic heterocycles. The van der Waals surface area contributed by atoms with Gasteiger partial charge in [-0.15, -0.1) is 0 Å². The van der Waals surface area contributed by atoms with Crippen LogP contribution < -0.4 is 0 Å². The van der Waals surface area contributed by atoms with Gasteiger partial charge in [-0.3, -0.25) is 4.79 Å². The molecule has 0 unspecified atom stereocenters. The largest absolute Gasteiger partial charge is 0.390 e. The van der Waals surface area contributed by atoms with E-state index in [0.29, 0.717) is 25.9 Å². The maximum absolute atomic E-state index is 12.5. The van der Waals surface area contributed by atoms with Crippen LogP contribution in [0.15, 0.2) is 24.3 Å². The second-order valence-electron chi connectivity index (χ2n) is 6.20. The van der Waals surface area contributed by atoms with Gasteiger partial charge in [0, 0.05) is 19.0 Å². The maximum Gasteiger partial charge on any atom is 0.226 e. The molecule has 19 heavy (non-hydrogen) atoms. The van der Waals surface area contributed by atoms with Gasteiger partial charge in [0.1, 0.15) is 0 Å². The molecule has 1 saturated heterocycles. The number of fused-ring (bicyclic) bond motifs is 1. The summed E-state index contributed by atoms with van der Waals surface area (Å²) in [5.41, 5.74) is 2.06. The Morgan fingerprint density at radius 1 is 1.21 bits per heavy atom. The van der Waals surface area contributed by atoms with Gasteiger partial charge in [-0.2, -0.15) is 0 Å². The van der Waals surface area contributed by atoms with Gasteiger partial charge in [-0.25, -0.2) is 0 Å². The number of nitrogens with zero attached hydrogens (tertiary/aromatic N) is 1. The number of aliphatic hydroxyl groups is 1. The van der Waals surface area contributed by atoms with Crippen LogP contribution in [0, 0.1) is 5.92 Å². The molecule has 0 radical (unpaired) electrons. The Morgan fingerprint density at radius 3 is 2.26 bits per heavy atom. The van der Waals surface area contributed by atoms with Crippen molar-refractivity contribution in [1.29, 1.82) is 0 Å². The predicted molar refractivity (Wildman–Crippen MR) is 73.8 cm³/mol. The molecule has 1 aliphatic heterocycles. The molecule has 0 atom stereocenters. The summed E-state index contributed by atoms with van der Waals surface area (Å²) < 4.78 is 0. The molecule has 1 aliphatic carbocycles. The zero-order valence-corrected chi connectivity index (χ0v) is 11.4. The van der Waals surface area contributed by atoms with Crippen LogP contribution >= 0.6 is 0 Å². The minimum absolute atomic E-state index is 0.112. The molecule has 3 rings (SSSR count). The topological polar surface area (TPSA) is 40.5 Å². The van der Waals surface area contributed by atoms with E-state index in [0.717, 1.165) is 12.8 Å². The molecular weight excluding hydrogens is 238 g/mol. The van der Waals surface area contributed by atoms with Crippen LogP contribution in [0.5, 0.6) is 0 Å². The van der Waals surface area contributed by atoms with Gasteiger partial charge in [0.25, 0.3) is 0 Å². The fourth-order valence-corrected chi connectivity index (χ4v) is 3.20. The maximum atomic E-state index is 12.5. The smallest absolute Gasteiger partial charge is 0.226 e. The van der Waals surface area contributed by atoms with Crippen molar-refractivity contribution in [2.75, 3.05) is 13.1 Å². The minimum atomic E-state index is -0.588. The van der Waals surface area contributed by atoms with Crippen LogP contribution in [0.3, 0.4) is 0 Å². The average Bonchev–Trinajstić information content (AvgIpc) is 2.81. The molecule has 1 fully saturated rings. The van der Waals surface area contributed by atoms with Gasteiger partial charge in [0.15, 0.2) is 0 Å². The molecule has 1 amide bonds. The molecule has 1 aromatic carbocycles. The number of carbonyl (C=O) groups is 1. The highest BCUT2D eigenvalue weighted by molar-refractivity contribution is 5.80. The molecule has 0 bridgehead atoms. The van der Waals surface area contributed by atoms with E-state index in [-0.39, 0.29) is 11.8 Å². The van der Waals surface area contributed by atoms with Crippen LogP contribution in [-0.2, 0) is 17.6 Å². The van der Waals surface area contributed by atoms with E-state index >= 15 is 0 Å². The summed E-state index contributed by atoms with van der Waals surface area (Å²) in [4.78, 5) is 14.5. The number of amides is 1. The highest BCUT2D eigenvalue weighted by Crippen LogP contribution is 2.29. The van der Waals surface area contributed by atoms with E-state index in [4.69, 9.17) is 0 Å². The normalized spacial score (nSPS) is 22.3. The second kappa shape index (κ2) is 4.64. The quantitative estimate of drug-likeness (QED) is 0.835. The zero-order chi connectivity index (χ0) is 13.5. The molecule has 3 nitrogen and oxygen atoms in total. The fraction of sp³-hybridized carbons (Fsp3) is 0.562. The Labute approximate surface area is 114 Å². The number of piperidine rings is 1. The molecule has 1 N–H and O–H groups in total. The van der Waals surface area contributed by atoms with E-state index in [1.807, 2.05) is 24.0 Å². The van der Waals surface area contributed by atoms with Crippen molar-refractivity contribution in [3.05, 3.63) is 35.4 Å². The highest BCUT2D eigenvalue weighted by atomic mass is 16.3. The van der Waals surface area contributed by atoms with Crippen molar-refractivity contribution in [1.82, 2.24) is 4.90 Å². The third-order valence-electron chi connectivity index (χ3n) is 4.55. The van der Waals surface area contributed by atoms with Crippen molar-refractivity contribution in [3.8, 4) is 0 Å². The lowest BCUT2D eigenvalue weighted by atomic mass is 9.92. The van der Waals surface area contributed by atoms with E-state index < -0.39 is 5.60 Å². The van der Waals surface area contributed by atoms with Crippen LogP contribution in [0.4, 0.5) is 0 Å². The zero-order valence-electron chi connectivity index (χ0n) is 11.4. The van der Waals surface area contributed by atoms with Gasteiger partial charge in [0.05, 0.1) is 5.60 Å². The van der Waals surface area contributed by atoms with Gasteiger partial charge in [-0.1, -0.05) is 24.3 Å². The number of hydrogen-bond donors (Lipinski definition) is 1. The standard InChI is InChI=1S/C16H21NO2/c1-16(19)6-8-17(9-7-16)15(18)14-10-12-4-2-3-5-13(12)11-14/h2-5,14,19H,6-11H2,1H3. The monoisotopic (exact) mass is 259 g/mol. The Hall–Kier alpha value is -1.35. The first-order valence-corrected chi connectivity index (χ1v) is 7.13. The molecule has 0 spiro atoms. The summed E-state index contributed by atoms with van der Waals surface area (Å²) in [5, 5.41) is 9.94. The van der Waals surface area contributed by atoms with Crippen LogP contribution in [0.1, 0.15) is 30.9 Å². The Balaban J connectivity index is 1.64. The Bertz CT molecular complexity index is 460. The van der Waals surface area contributed by atoms with Crippen molar-refractivity contribution < 1.29 is 9.90 Å². The number of carbonyl (C=O) groups excluding carboxylic acids is 1. The van der Waals surface area contributed by atoms with E-state index in [1.165, 1.54) is 11.1 Å². The molecule has 3 heteroatoms. The van der Waals surface area contributed by atoms with Gasteiger partial charge < -0.3 is 10.0 Å². The number of likely N-dealkylation sites (tertiary alicyclic amines) is 1. The molecule has 1 aromatic rings. The van der Waals surface area contributed by atoms with Gasteiger partial charge >= 0.3 is 0 Å². The van der Waals surface area contributed by atoms with Gasteiger partial charge in [-0.05, 0) is 43.7 Å². The minimum Gasteiger partial charge on any atom is -0.390 e. The summed E-state index contributed by atoms with van der Waals surface area (Å²) in [7, 11) is 0. The van der Waals surface area contributed by atoms with E-state index in [2.05, 4.69) is 12.1 Å². The first-order chi connectivity index (χ1) is 9.05. The summed E-state index contributed by atoms with van der Waals surface area (Å²) in [5.74, 6) is 0.382. The lowest BCUT2D eigenvalue weighted by Gasteiger charge is -2.36. The first kappa shape index (κ1) is 12.7. The summed E-state index contributed by atoms with van der Waals surface area (Å²) in [6, 6.07) is 8.35. The highest BCUT2D eigenvalue weighted by Gasteiger charge is 2.34. The third-order valence-corrected chi connectivity index (χ3v) is 4.55. The number of benzene rings is 1. The third kappa shape index (κ3) is 2.52. The van der Waals surface area contributed by atoms with Crippen LogP contribution in [0.25, 0.3) is 0 Å². The molecule has 0 saturated carbocycles. The fourth-order valence-electron chi connectivity index (χ4n) is 3.20. The van der Waals surface area contributed by atoms with Crippen molar-refractivity contribution in [2.24, 2.45) is 5.92 Å². The molecule has 102 valence electrons. The van der Waals surface area contributed by atoms with Crippen molar-refractivity contribution in [2.45, 2.75) is 38.2 Å². The second-order valence-corrected chi connectivity index (χ2v) is 6.20. The Kier molecular flexibility index (Phi) is 3.09. The average molecular weight is 259 g/mol. The van der Waals surface area contributed by atoms with Crippen LogP contribution in [-0.4, -0.2) is 34.6 Å². The lowest BCUT2D eigenvalue weighted by Crippen LogP contribution is -2.47. The SMILES string of the molecule is CC1(O)CCN(C(=O)C2Cc3ccccc3C2)CC1. The van der Waals surface area contributed by atoms with Crippen LogP contribution in [0.2, 0.25) is 0 Å². The van der Waals surface area contributed by atoms with E-state index in [9.17, 15) is 9.90 Å². The Morgan fingerprint density at radius 2 is 1.74 bits per heavy atom. The number of hydrogen-bond acceptors (Lipinski definition) is 2. The van der Waals surface area contributed by atoms with Crippen molar-refractivity contribution >= 4 is 5.91 Å². The molecule has 2 aliphatic rings.